The van der Waals surface area contributed by atoms with Crippen LogP contribution in [0.5, 0.6) is 0 Å². The van der Waals surface area contributed by atoms with Crippen LogP contribution in [0.4, 0.5) is 5.69 Å². The second kappa shape index (κ2) is 9.77. The van der Waals surface area contributed by atoms with E-state index in [0.717, 1.165) is 41.1 Å². The number of carboxylic acids is 1. The molecule has 172 valence electrons. The zero-order valence-corrected chi connectivity index (χ0v) is 20.1. The maximum atomic E-state index is 13.0. The average molecular weight is 458 g/mol. The lowest BCUT2D eigenvalue weighted by molar-refractivity contribution is -0.138. The molecule has 2 N–H and O–H groups in total. The van der Waals surface area contributed by atoms with Crippen molar-refractivity contribution in [2.75, 3.05) is 11.9 Å². The summed E-state index contributed by atoms with van der Waals surface area (Å²) >= 11 is 1.32. The van der Waals surface area contributed by atoms with Gasteiger partial charge in [0.2, 0.25) is 0 Å². The maximum absolute atomic E-state index is 13.0. The van der Waals surface area contributed by atoms with E-state index in [1.165, 1.54) is 11.8 Å². The SMILES string of the molecule is CCCc1nn(C)c2c(=O)n(CCCNc3ccc(SC(C)(C)C(=O)O)cc3)c(C)nc12. The van der Waals surface area contributed by atoms with Crippen molar-refractivity contribution in [1.82, 2.24) is 19.3 Å². The highest BCUT2D eigenvalue weighted by Gasteiger charge is 2.28. The first kappa shape index (κ1) is 23.8. The third-order valence-corrected chi connectivity index (χ3v) is 6.51. The molecule has 0 saturated heterocycles. The van der Waals surface area contributed by atoms with Crippen molar-refractivity contribution >= 4 is 34.5 Å². The number of rotatable bonds is 10. The fraction of sp³-hybridized carbons (Fsp3) is 0.478. The summed E-state index contributed by atoms with van der Waals surface area (Å²) in [6, 6.07) is 7.72. The first-order valence-corrected chi connectivity index (χ1v) is 11.6. The molecule has 0 aliphatic heterocycles. The number of carbonyl (C=O) groups is 1. The molecule has 9 heteroatoms. The van der Waals surface area contributed by atoms with Gasteiger partial charge in [0.25, 0.3) is 5.56 Å². The third kappa shape index (κ3) is 5.15. The van der Waals surface area contributed by atoms with Crippen LogP contribution in [0.3, 0.4) is 0 Å². The molecule has 2 heterocycles. The van der Waals surface area contributed by atoms with Crippen LogP contribution in [0.2, 0.25) is 0 Å². The van der Waals surface area contributed by atoms with Crippen molar-refractivity contribution < 1.29 is 9.90 Å². The topological polar surface area (TPSA) is 102 Å². The maximum Gasteiger partial charge on any atom is 0.319 e. The summed E-state index contributed by atoms with van der Waals surface area (Å²) in [5, 5.41) is 17.1. The average Bonchev–Trinajstić information content (AvgIpc) is 3.03. The van der Waals surface area contributed by atoms with Crippen LogP contribution >= 0.6 is 11.8 Å². The molecular weight excluding hydrogens is 426 g/mol. The van der Waals surface area contributed by atoms with Crippen molar-refractivity contribution in [1.29, 1.82) is 0 Å². The molecule has 0 atom stereocenters. The Morgan fingerprint density at radius 1 is 1.25 bits per heavy atom. The number of aryl methyl sites for hydroxylation is 3. The minimum Gasteiger partial charge on any atom is -0.480 e. The van der Waals surface area contributed by atoms with Gasteiger partial charge in [0.15, 0.2) is 5.52 Å². The van der Waals surface area contributed by atoms with Crippen molar-refractivity contribution in [3.63, 3.8) is 0 Å². The monoisotopic (exact) mass is 457 g/mol. The van der Waals surface area contributed by atoms with Crippen LogP contribution < -0.4 is 10.9 Å². The lowest BCUT2D eigenvalue weighted by atomic mass is 10.2. The predicted octanol–water partition coefficient (Wildman–Crippen LogP) is 3.85. The van der Waals surface area contributed by atoms with Crippen molar-refractivity contribution in [2.24, 2.45) is 7.05 Å². The fourth-order valence-corrected chi connectivity index (χ4v) is 4.49. The first-order valence-electron chi connectivity index (χ1n) is 10.8. The Balaban J connectivity index is 1.62. The number of nitrogens with zero attached hydrogens (tertiary/aromatic N) is 4. The van der Waals surface area contributed by atoms with Gasteiger partial charge in [-0.25, -0.2) is 4.98 Å². The summed E-state index contributed by atoms with van der Waals surface area (Å²) in [4.78, 5) is 29.9. The second-order valence-corrected chi connectivity index (χ2v) is 10.1. The molecule has 0 bridgehead atoms. The van der Waals surface area contributed by atoms with E-state index in [9.17, 15) is 14.7 Å². The van der Waals surface area contributed by atoms with Crippen LogP contribution in [-0.2, 0) is 24.8 Å². The largest absolute Gasteiger partial charge is 0.480 e. The lowest BCUT2D eigenvalue weighted by Gasteiger charge is -2.18. The Hall–Kier alpha value is -2.81. The normalized spacial score (nSPS) is 11.8. The van der Waals surface area contributed by atoms with Gasteiger partial charge in [0, 0.05) is 30.7 Å². The van der Waals surface area contributed by atoms with E-state index in [0.29, 0.717) is 24.4 Å². The summed E-state index contributed by atoms with van der Waals surface area (Å²) in [6.45, 7) is 8.60. The minimum atomic E-state index is -0.875. The molecule has 2 aromatic heterocycles. The Morgan fingerprint density at radius 2 is 1.94 bits per heavy atom. The Morgan fingerprint density at radius 3 is 2.56 bits per heavy atom. The summed E-state index contributed by atoms with van der Waals surface area (Å²) < 4.78 is 2.49. The van der Waals surface area contributed by atoms with Gasteiger partial charge in [-0.05, 0) is 57.9 Å². The Bertz CT molecular complexity index is 1170. The number of benzene rings is 1. The summed E-state index contributed by atoms with van der Waals surface area (Å²) in [5.74, 6) is -0.133. The number of aromatic nitrogens is 4. The van der Waals surface area contributed by atoms with Gasteiger partial charge in [0.1, 0.15) is 16.1 Å². The van der Waals surface area contributed by atoms with Crippen LogP contribution in [0.15, 0.2) is 34.0 Å². The van der Waals surface area contributed by atoms with Gasteiger partial charge >= 0.3 is 5.97 Å². The minimum absolute atomic E-state index is 0.0488. The molecule has 3 rings (SSSR count). The molecule has 3 aromatic rings. The second-order valence-electron chi connectivity index (χ2n) is 8.36. The fourth-order valence-electron chi connectivity index (χ4n) is 3.54. The van der Waals surface area contributed by atoms with Gasteiger partial charge in [-0.15, -0.1) is 11.8 Å². The quantitative estimate of drug-likeness (QED) is 0.352. The van der Waals surface area contributed by atoms with E-state index in [1.54, 1.807) is 30.1 Å². The molecule has 1 aromatic carbocycles. The number of hydrogen-bond acceptors (Lipinski definition) is 6. The Kier molecular flexibility index (Phi) is 7.28. The molecule has 0 saturated carbocycles. The molecule has 0 unspecified atom stereocenters. The third-order valence-electron chi connectivity index (χ3n) is 5.32. The zero-order chi connectivity index (χ0) is 23.5. The van der Waals surface area contributed by atoms with E-state index >= 15 is 0 Å². The zero-order valence-electron chi connectivity index (χ0n) is 19.3. The number of hydrogen-bond donors (Lipinski definition) is 2. The molecule has 0 aliphatic rings. The highest BCUT2D eigenvalue weighted by molar-refractivity contribution is 8.01. The molecule has 0 amide bonds. The van der Waals surface area contributed by atoms with E-state index in [-0.39, 0.29) is 5.56 Å². The smallest absolute Gasteiger partial charge is 0.319 e. The van der Waals surface area contributed by atoms with Crippen molar-refractivity contribution in [2.45, 2.75) is 63.1 Å². The van der Waals surface area contributed by atoms with Crippen LogP contribution in [0, 0.1) is 6.92 Å². The van der Waals surface area contributed by atoms with Gasteiger partial charge in [0.05, 0.1) is 5.69 Å². The molecule has 8 nitrogen and oxygen atoms in total. The first-order chi connectivity index (χ1) is 15.1. The van der Waals surface area contributed by atoms with Crippen LogP contribution in [0.25, 0.3) is 11.0 Å². The molecule has 0 fully saturated rings. The predicted molar refractivity (Wildman–Crippen MR) is 129 cm³/mol. The standard InChI is InChI=1S/C23H31N5O3S/c1-6-8-18-19-20(27(5)26-18)21(29)28(15(2)25-19)14-7-13-24-16-9-11-17(12-10-16)32-23(3,4)22(30)31/h9-12,24H,6-8,13-14H2,1-5H3,(H,30,31). The number of thioether (sulfide) groups is 1. The van der Waals surface area contributed by atoms with Gasteiger partial charge in [-0.2, -0.15) is 5.10 Å². The highest BCUT2D eigenvalue weighted by atomic mass is 32.2. The van der Waals surface area contributed by atoms with Gasteiger partial charge in [-0.3, -0.25) is 18.8 Å². The van der Waals surface area contributed by atoms with Crippen LogP contribution in [0.1, 0.15) is 45.1 Å². The van der Waals surface area contributed by atoms with E-state index in [1.807, 2.05) is 31.2 Å². The number of fused-ring (bicyclic) bond motifs is 1. The number of aliphatic carboxylic acids is 1. The van der Waals surface area contributed by atoms with Crippen molar-refractivity contribution in [3.8, 4) is 0 Å². The summed E-state index contributed by atoms with van der Waals surface area (Å²) in [7, 11) is 1.80. The summed E-state index contributed by atoms with van der Waals surface area (Å²) in [6.07, 6.45) is 2.52. The molecule has 0 aliphatic carbocycles. The summed E-state index contributed by atoms with van der Waals surface area (Å²) in [5.41, 5.74) is 3.07. The van der Waals surface area contributed by atoms with E-state index < -0.39 is 10.7 Å². The van der Waals surface area contributed by atoms with Gasteiger partial charge in [-0.1, -0.05) is 13.3 Å². The van der Waals surface area contributed by atoms with E-state index in [4.69, 9.17) is 0 Å². The number of anilines is 1. The molecular formula is C23H31N5O3S. The van der Waals surface area contributed by atoms with E-state index in [2.05, 4.69) is 22.3 Å². The lowest BCUT2D eigenvalue weighted by Crippen LogP contribution is -2.26. The molecule has 32 heavy (non-hydrogen) atoms. The van der Waals surface area contributed by atoms with Crippen molar-refractivity contribution in [3.05, 3.63) is 46.1 Å². The number of carboxylic acid groups (broad SMARTS) is 1. The number of nitrogens with one attached hydrogen (secondary N) is 1. The van der Waals surface area contributed by atoms with Gasteiger partial charge < -0.3 is 10.4 Å². The van der Waals surface area contributed by atoms with Crippen LogP contribution in [-0.4, -0.2) is 41.7 Å². The molecule has 0 spiro atoms. The highest BCUT2D eigenvalue weighted by Crippen LogP contribution is 2.33. The Labute approximate surface area is 192 Å². The molecule has 0 radical (unpaired) electrons.